The molecule has 0 bridgehead atoms. The topological polar surface area (TPSA) is 105 Å². The number of ketones is 1. The number of carbonyl (C=O) groups excluding carboxylic acids is 1. The molecule has 0 spiro atoms. The van der Waals surface area contributed by atoms with Crippen LogP contribution in [0.3, 0.4) is 0 Å². The van der Waals surface area contributed by atoms with Crippen molar-refractivity contribution < 1.29 is 17.6 Å². The molecule has 27 heavy (non-hydrogen) atoms. The van der Waals surface area contributed by atoms with E-state index in [1.54, 1.807) is 0 Å². The molecule has 9 heteroatoms. The Balaban J connectivity index is 1.94. The first-order chi connectivity index (χ1) is 12.8. The molecule has 3 rings (SSSR count). The summed E-state index contributed by atoms with van der Waals surface area (Å²) in [5, 5.41) is 3.19. The average Bonchev–Trinajstić information content (AvgIpc) is 2.62. The first kappa shape index (κ1) is 19.2. The van der Waals surface area contributed by atoms with Crippen LogP contribution in [-0.2, 0) is 10.0 Å². The van der Waals surface area contributed by atoms with Gasteiger partial charge >= 0.3 is 0 Å². The van der Waals surface area contributed by atoms with E-state index in [-0.39, 0.29) is 28.8 Å². The summed E-state index contributed by atoms with van der Waals surface area (Å²) in [6, 6.07) is 7.83. The zero-order valence-electron chi connectivity index (χ0n) is 14.9. The number of sulfonamides is 1. The Labute approximate surface area is 157 Å². The summed E-state index contributed by atoms with van der Waals surface area (Å²) in [7, 11) is -3.56. The van der Waals surface area contributed by atoms with E-state index in [1.807, 2.05) is 0 Å². The second kappa shape index (κ2) is 7.61. The Morgan fingerprint density at radius 1 is 1.19 bits per heavy atom. The number of hydrogen-bond donors (Lipinski definition) is 2. The van der Waals surface area contributed by atoms with Crippen LogP contribution in [0.25, 0.3) is 0 Å². The number of nitrogens with two attached hydrogens (primary N) is 1. The van der Waals surface area contributed by atoms with E-state index < -0.39 is 21.6 Å². The van der Waals surface area contributed by atoms with Gasteiger partial charge in [0.25, 0.3) is 0 Å². The highest BCUT2D eigenvalue weighted by molar-refractivity contribution is 7.92. The van der Waals surface area contributed by atoms with Gasteiger partial charge in [0.15, 0.2) is 5.78 Å². The largest absolute Gasteiger partial charge is 0.383 e. The molecule has 2 heterocycles. The SMILES string of the molecule is CS(=O)(=O)N(c1ccc(C(=O)c2ccc(F)cc2)c(N)n1)C1CCNCC1. The number of benzene rings is 1. The molecule has 1 aromatic carbocycles. The number of nitrogens with zero attached hydrogens (tertiary/aromatic N) is 2. The van der Waals surface area contributed by atoms with Gasteiger partial charge in [0.2, 0.25) is 10.0 Å². The minimum absolute atomic E-state index is 0.0654. The fourth-order valence-corrected chi connectivity index (χ4v) is 4.40. The number of nitrogens with one attached hydrogen (secondary N) is 1. The molecule has 1 aliphatic rings. The molecule has 1 aliphatic heterocycles. The van der Waals surface area contributed by atoms with Gasteiger partial charge in [-0.1, -0.05) is 0 Å². The Bertz CT molecular complexity index is 942. The highest BCUT2D eigenvalue weighted by atomic mass is 32.2. The molecule has 0 saturated carbocycles. The summed E-state index contributed by atoms with van der Waals surface area (Å²) in [5.74, 6) is -0.722. The van der Waals surface area contributed by atoms with Crippen LogP contribution in [0.5, 0.6) is 0 Å². The second-order valence-electron chi connectivity index (χ2n) is 6.48. The van der Waals surface area contributed by atoms with Crippen molar-refractivity contribution in [2.75, 3.05) is 29.4 Å². The molecule has 3 N–H and O–H groups in total. The zero-order valence-corrected chi connectivity index (χ0v) is 15.7. The third kappa shape index (κ3) is 4.25. The Morgan fingerprint density at radius 2 is 1.81 bits per heavy atom. The number of halogens is 1. The van der Waals surface area contributed by atoms with E-state index in [4.69, 9.17) is 5.73 Å². The number of aromatic nitrogens is 1. The summed E-state index contributed by atoms with van der Waals surface area (Å²) in [4.78, 5) is 16.8. The van der Waals surface area contributed by atoms with Gasteiger partial charge in [-0.2, -0.15) is 0 Å². The third-order valence-electron chi connectivity index (χ3n) is 4.48. The highest BCUT2D eigenvalue weighted by Gasteiger charge is 2.30. The second-order valence-corrected chi connectivity index (χ2v) is 8.34. The number of hydrogen-bond acceptors (Lipinski definition) is 6. The molecule has 0 unspecified atom stereocenters. The van der Waals surface area contributed by atoms with Gasteiger partial charge in [0, 0.05) is 11.6 Å². The molecule has 1 fully saturated rings. The first-order valence-corrected chi connectivity index (χ1v) is 10.4. The molecule has 0 atom stereocenters. The van der Waals surface area contributed by atoms with Gasteiger partial charge in [-0.3, -0.25) is 9.10 Å². The Kier molecular flexibility index (Phi) is 5.43. The third-order valence-corrected chi connectivity index (χ3v) is 5.68. The van der Waals surface area contributed by atoms with E-state index in [0.29, 0.717) is 25.9 Å². The van der Waals surface area contributed by atoms with Crippen molar-refractivity contribution in [3.8, 4) is 0 Å². The molecule has 7 nitrogen and oxygen atoms in total. The van der Waals surface area contributed by atoms with E-state index in [0.717, 1.165) is 6.26 Å². The van der Waals surface area contributed by atoms with Crippen LogP contribution in [0.4, 0.5) is 16.0 Å². The predicted molar refractivity (Wildman–Crippen MR) is 102 cm³/mol. The van der Waals surface area contributed by atoms with E-state index >= 15 is 0 Å². The standard InChI is InChI=1S/C18H21FN4O3S/c1-27(25,26)23(14-8-10-21-11-9-14)16-7-6-15(18(20)22-16)17(24)12-2-4-13(19)5-3-12/h2-7,14,21H,8-11H2,1H3,(H2,20,22). The molecule has 0 amide bonds. The number of anilines is 2. The lowest BCUT2D eigenvalue weighted by atomic mass is 10.0. The van der Waals surface area contributed by atoms with Crippen molar-refractivity contribution in [3.05, 3.63) is 53.3 Å². The minimum Gasteiger partial charge on any atom is -0.383 e. The van der Waals surface area contributed by atoms with Crippen LogP contribution in [0.2, 0.25) is 0 Å². The number of rotatable bonds is 5. The van der Waals surface area contributed by atoms with Crippen molar-refractivity contribution in [2.24, 2.45) is 0 Å². The normalized spacial score (nSPS) is 15.5. The fraction of sp³-hybridized carbons (Fsp3) is 0.333. The zero-order chi connectivity index (χ0) is 19.6. The summed E-state index contributed by atoms with van der Waals surface area (Å²) >= 11 is 0. The molecular formula is C18H21FN4O3S. The van der Waals surface area contributed by atoms with Gasteiger partial charge in [0.1, 0.15) is 17.5 Å². The van der Waals surface area contributed by atoms with Gasteiger partial charge in [-0.25, -0.2) is 17.8 Å². The lowest BCUT2D eigenvalue weighted by molar-refractivity contribution is 0.103. The highest BCUT2D eigenvalue weighted by Crippen LogP contribution is 2.26. The maximum absolute atomic E-state index is 13.0. The van der Waals surface area contributed by atoms with E-state index in [9.17, 15) is 17.6 Å². The molecule has 2 aromatic rings. The van der Waals surface area contributed by atoms with Crippen molar-refractivity contribution in [2.45, 2.75) is 18.9 Å². The number of carbonyl (C=O) groups is 1. The van der Waals surface area contributed by atoms with Crippen LogP contribution in [0, 0.1) is 5.82 Å². The average molecular weight is 392 g/mol. The Morgan fingerprint density at radius 3 is 2.37 bits per heavy atom. The number of piperidine rings is 1. The van der Waals surface area contributed by atoms with Gasteiger partial charge < -0.3 is 11.1 Å². The number of nitrogen functional groups attached to an aromatic ring is 1. The quantitative estimate of drug-likeness (QED) is 0.748. The summed E-state index contributed by atoms with van der Waals surface area (Å²) in [5.41, 5.74) is 6.38. The molecule has 144 valence electrons. The predicted octanol–water partition coefficient (Wildman–Crippen LogP) is 1.55. The first-order valence-electron chi connectivity index (χ1n) is 8.54. The van der Waals surface area contributed by atoms with Crippen LogP contribution in [0.15, 0.2) is 36.4 Å². The van der Waals surface area contributed by atoms with Crippen molar-refractivity contribution in [1.29, 1.82) is 0 Å². The van der Waals surface area contributed by atoms with E-state index in [1.165, 1.54) is 40.7 Å². The lowest BCUT2D eigenvalue weighted by Gasteiger charge is -2.33. The number of pyridine rings is 1. The monoisotopic (exact) mass is 392 g/mol. The summed E-state index contributed by atoms with van der Waals surface area (Å²) in [6.45, 7) is 1.43. The van der Waals surface area contributed by atoms with Crippen molar-refractivity contribution in [3.63, 3.8) is 0 Å². The molecule has 1 saturated heterocycles. The van der Waals surface area contributed by atoms with Crippen molar-refractivity contribution >= 4 is 27.4 Å². The smallest absolute Gasteiger partial charge is 0.233 e. The van der Waals surface area contributed by atoms with Gasteiger partial charge in [-0.05, 0) is 62.3 Å². The van der Waals surface area contributed by atoms with Gasteiger partial charge in [-0.15, -0.1) is 0 Å². The Hall–Kier alpha value is -2.52. The molecule has 0 radical (unpaired) electrons. The maximum Gasteiger partial charge on any atom is 0.233 e. The molecule has 0 aliphatic carbocycles. The van der Waals surface area contributed by atoms with E-state index in [2.05, 4.69) is 10.3 Å². The van der Waals surface area contributed by atoms with Gasteiger partial charge in [0.05, 0.1) is 11.8 Å². The van der Waals surface area contributed by atoms with Crippen LogP contribution >= 0.6 is 0 Å². The summed E-state index contributed by atoms with van der Waals surface area (Å²) in [6.07, 6.45) is 2.44. The maximum atomic E-state index is 13.0. The minimum atomic E-state index is -3.56. The molecular weight excluding hydrogens is 371 g/mol. The lowest BCUT2D eigenvalue weighted by Crippen LogP contribution is -2.46. The molecule has 1 aromatic heterocycles. The fourth-order valence-electron chi connectivity index (χ4n) is 3.20. The van der Waals surface area contributed by atoms with Crippen LogP contribution < -0.4 is 15.4 Å². The van der Waals surface area contributed by atoms with Crippen LogP contribution in [0.1, 0.15) is 28.8 Å². The van der Waals surface area contributed by atoms with Crippen LogP contribution in [-0.4, -0.2) is 44.6 Å². The van der Waals surface area contributed by atoms with Crippen molar-refractivity contribution in [1.82, 2.24) is 10.3 Å². The summed E-state index contributed by atoms with van der Waals surface area (Å²) < 4.78 is 39.0.